The number of hydrogen-bond acceptors (Lipinski definition) is 6. The van der Waals surface area contributed by atoms with Crippen molar-refractivity contribution in [3.8, 4) is 0 Å². The van der Waals surface area contributed by atoms with Crippen LogP contribution in [-0.2, 0) is 21.4 Å². The molecule has 4 heterocycles. The van der Waals surface area contributed by atoms with Crippen LogP contribution in [0.2, 0.25) is 5.02 Å². The molecule has 2 aromatic heterocycles. The summed E-state index contributed by atoms with van der Waals surface area (Å²) >= 11 is 5.95. The fourth-order valence-corrected chi connectivity index (χ4v) is 4.16. The predicted molar refractivity (Wildman–Crippen MR) is 119 cm³/mol. The lowest BCUT2D eigenvalue weighted by atomic mass is 9.80. The van der Waals surface area contributed by atoms with E-state index in [1.54, 1.807) is 30.5 Å². The third-order valence-corrected chi connectivity index (χ3v) is 6.05. The third-order valence-electron chi connectivity index (χ3n) is 5.80. The van der Waals surface area contributed by atoms with Crippen LogP contribution in [0, 0.1) is 6.92 Å². The lowest BCUT2D eigenvalue weighted by molar-refractivity contribution is -0.140. The Hall–Kier alpha value is -3.03. The normalized spacial score (nSPS) is 16.9. The van der Waals surface area contributed by atoms with Crippen LogP contribution < -0.4 is 10.2 Å². The van der Waals surface area contributed by atoms with Crippen molar-refractivity contribution in [1.29, 1.82) is 0 Å². The Balaban J connectivity index is 1.45. The van der Waals surface area contributed by atoms with Crippen LogP contribution in [0.3, 0.4) is 0 Å². The molecule has 3 aromatic rings. The van der Waals surface area contributed by atoms with Crippen LogP contribution in [0.5, 0.6) is 0 Å². The largest absolute Gasteiger partial charge is 0.378 e. The van der Waals surface area contributed by atoms with Gasteiger partial charge in [-0.1, -0.05) is 11.6 Å². The number of aromatic nitrogens is 3. The molecule has 0 aliphatic carbocycles. The first-order chi connectivity index (χ1) is 15.0. The Morgan fingerprint density at radius 1 is 1.13 bits per heavy atom. The lowest BCUT2D eigenvalue weighted by Gasteiger charge is -2.40. The first kappa shape index (κ1) is 19.9. The minimum Gasteiger partial charge on any atom is -0.378 e. The summed E-state index contributed by atoms with van der Waals surface area (Å²) in [5, 5.41) is 3.61. The van der Waals surface area contributed by atoms with Gasteiger partial charge in [-0.3, -0.25) is 9.78 Å². The van der Waals surface area contributed by atoms with Crippen molar-refractivity contribution in [1.82, 2.24) is 15.0 Å². The van der Waals surface area contributed by atoms with Crippen LogP contribution in [0.4, 0.5) is 17.2 Å². The Morgan fingerprint density at radius 3 is 2.65 bits per heavy atom. The molecule has 31 heavy (non-hydrogen) atoms. The number of rotatable bonds is 4. The van der Waals surface area contributed by atoms with Gasteiger partial charge in [0.1, 0.15) is 17.1 Å². The summed E-state index contributed by atoms with van der Waals surface area (Å²) in [6, 6.07) is 13.0. The van der Waals surface area contributed by atoms with Crippen molar-refractivity contribution >= 4 is 34.7 Å². The Labute approximate surface area is 185 Å². The van der Waals surface area contributed by atoms with E-state index < -0.39 is 5.41 Å². The average molecular weight is 436 g/mol. The molecule has 1 aromatic carbocycles. The van der Waals surface area contributed by atoms with Crippen molar-refractivity contribution < 1.29 is 9.53 Å². The number of nitrogens with one attached hydrogen (secondary N) is 1. The quantitative estimate of drug-likeness (QED) is 0.671. The molecular formula is C23H22ClN5O2. The van der Waals surface area contributed by atoms with Crippen molar-refractivity contribution in [2.75, 3.05) is 30.0 Å². The molecular weight excluding hydrogens is 414 g/mol. The zero-order valence-electron chi connectivity index (χ0n) is 17.1. The van der Waals surface area contributed by atoms with Gasteiger partial charge in [0.05, 0.1) is 30.3 Å². The fourth-order valence-electron chi connectivity index (χ4n) is 4.03. The molecule has 0 atom stereocenters. The highest BCUT2D eigenvalue weighted by atomic mass is 35.5. The highest BCUT2D eigenvalue weighted by molar-refractivity contribution is 6.30. The third kappa shape index (κ3) is 3.64. The maximum absolute atomic E-state index is 13.2. The molecule has 1 fully saturated rings. The van der Waals surface area contributed by atoms with Crippen molar-refractivity contribution in [3.05, 3.63) is 70.9 Å². The molecule has 158 valence electrons. The molecule has 1 amide bonds. The number of benzene rings is 1. The summed E-state index contributed by atoms with van der Waals surface area (Å²) in [7, 11) is 0. The number of anilines is 3. The van der Waals surface area contributed by atoms with Gasteiger partial charge in [-0.15, -0.1) is 0 Å². The topological polar surface area (TPSA) is 80.2 Å². The van der Waals surface area contributed by atoms with E-state index in [0.29, 0.717) is 23.9 Å². The molecule has 7 nitrogen and oxygen atoms in total. The standard InChI is InChI=1S/C23H22ClN5O2/c1-15-25-11-10-21(26-15)29-12-2-3-18-19(29)8-9-20(28-18)23(13-31-14-23)22(30)27-17-6-4-16(24)5-7-17/h4-11H,2-3,12-14H2,1H3,(H,27,30). The number of amides is 1. The number of halogens is 1. The Bertz CT molecular complexity index is 1130. The predicted octanol–water partition coefficient (Wildman–Crippen LogP) is 3.82. The maximum atomic E-state index is 13.2. The van der Waals surface area contributed by atoms with Crippen LogP contribution >= 0.6 is 11.6 Å². The van der Waals surface area contributed by atoms with E-state index in [1.807, 2.05) is 25.1 Å². The summed E-state index contributed by atoms with van der Waals surface area (Å²) in [6.45, 7) is 3.38. The van der Waals surface area contributed by atoms with E-state index in [1.165, 1.54) is 0 Å². The lowest BCUT2D eigenvalue weighted by Crippen LogP contribution is -2.56. The number of carbonyl (C=O) groups is 1. The van der Waals surface area contributed by atoms with Crippen LogP contribution in [-0.4, -0.2) is 40.6 Å². The van der Waals surface area contributed by atoms with Crippen molar-refractivity contribution in [2.24, 2.45) is 0 Å². The molecule has 0 bridgehead atoms. The first-order valence-corrected chi connectivity index (χ1v) is 10.7. The summed E-state index contributed by atoms with van der Waals surface area (Å²) < 4.78 is 5.47. The Morgan fingerprint density at radius 2 is 1.94 bits per heavy atom. The second-order valence-electron chi connectivity index (χ2n) is 7.92. The van der Waals surface area contributed by atoms with Gasteiger partial charge in [0, 0.05) is 23.5 Å². The van der Waals surface area contributed by atoms with E-state index in [4.69, 9.17) is 21.3 Å². The van der Waals surface area contributed by atoms with E-state index in [0.717, 1.165) is 48.1 Å². The van der Waals surface area contributed by atoms with Gasteiger partial charge >= 0.3 is 0 Å². The number of hydrogen-bond donors (Lipinski definition) is 1. The number of carbonyl (C=O) groups excluding carboxylic acids is 1. The second kappa shape index (κ2) is 7.90. The molecule has 0 radical (unpaired) electrons. The van der Waals surface area contributed by atoms with E-state index in [9.17, 15) is 4.79 Å². The van der Waals surface area contributed by atoms with Crippen LogP contribution in [0.1, 0.15) is 23.6 Å². The van der Waals surface area contributed by atoms with E-state index in [2.05, 4.69) is 20.2 Å². The van der Waals surface area contributed by atoms with Gasteiger partial charge in [-0.25, -0.2) is 9.97 Å². The SMILES string of the molecule is Cc1nccc(N2CCCc3nc(C4(C(=O)Nc5ccc(Cl)cc5)COC4)ccc32)n1. The number of pyridine rings is 1. The molecule has 2 aliphatic rings. The molecule has 1 saturated heterocycles. The van der Waals surface area contributed by atoms with Crippen LogP contribution in [0.25, 0.3) is 0 Å². The summed E-state index contributed by atoms with van der Waals surface area (Å²) in [6.07, 6.45) is 3.60. The van der Waals surface area contributed by atoms with Gasteiger partial charge in [0.15, 0.2) is 0 Å². The first-order valence-electron chi connectivity index (χ1n) is 10.3. The zero-order chi connectivity index (χ0) is 21.4. The number of aryl methyl sites for hydroxylation is 2. The Kier molecular flexibility index (Phi) is 5.08. The molecule has 0 saturated carbocycles. The average Bonchev–Trinajstić information content (AvgIpc) is 2.74. The molecule has 0 unspecified atom stereocenters. The summed E-state index contributed by atoms with van der Waals surface area (Å²) in [4.78, 5) is 29.1. The maximum Gasteiger partial charge on any atom is 0.241 e. The highest BCUT2D eigenvalue weighted by Crippen LogP contribution is 2.37. The van der Waals surface area contributed by atoms with E-state index >= 15 is 0 Å². The fraction of sp³-hybridized carbons (Fsp3) is 0.304. The van der Waals surface area contributed by atoms with Gasteiger partial charge in [0.25, 0.3) is 0 Å². The van der Waals surface area contributed by atoms with Gasteiger partial charge in [-0.05, 0) is 62.2 Å². The molecule has 8 heteroatoms. The van der Waals surface area contributed by atoms with Gasteiger partial charge in [-0.2, -0.15) is 0 Å². The second-order valence-corrected chi connectivity index (χ2v) is 8.35. The number of fused-ring (bicyclic) bond motifs is 1. The van der Waals surface area contributed by atoms with Gasteiger partial charge < -0.3 is 15.0 Å². The van der Waals surface area contributed by atoms with E-state index in [-0.39, 0.29) is 5.91 Å². The molecule has 0 spiro atoms. The summed E-state index contributed by atoms with van der Waals surface area (Å²) in [5.41, 5.74) is 2.66. The van der Waals surface area contributed by atoms with Crippen LogP contribution in [0.15, 0.2) is 48.7 Å². The van der Waals surface area contributed by atoms with Crippen molar-refractivity contribution in [3.63, 3.8) is 0 Å². The minimum atomic E-state index is -0.789. The highest BCUT2D eigenvalue weighted by Gasteiger charge is 2.49. The molecule has 2 aliphatic heterocycles. The molecule has 5 rings (SSSR count). The number of nitrogens with zero attached hydrogens (tertiary/aromatic N) is 4. The molecule has 1 N–H and O–H groups in total. The van der Waals surface area contributed by atoms with Crippen molar-refractivity contribution in [2.45, 2.75) is 25.2 Å². The number of ether oxygens (including phenoxy) is 1. The zero-order valence-corrected chi connectivity index (χ0v) is 17.9. The monoisotopic (exact) mass is 435 g/mol. The van der Waals surface area contributed by atoms with Gasteiger partial charge in [0.2, 0.25) is 5.91 Å². The smallest absolute Gasteiger partial charge is 0.241 e. The summed E-state index contributed by atoms with van der Waals surface area (Å²) in [5.74, 6) is 1.48. The minimum absolute atomic E-state index is 0.118.